The van der Waals surface area contributed by atoms with Crippen LogP contribution in [0.4, 0.5) is 10.1 Å². The van der Waals surface area contributed by atoms with E-state index in [2.05, 4.69) is 39.4 Å². The van der Waals surface area contributed by atoms with Gasteiger partial charge in [-0.25, -0.2) is 4.39 Å². The number of benzene rings is 2. The smallest absolute Gasteiger partial charge is 0.216 e. The third-order valence-corrected chi connectivity index (χ3v) is 4.78. The molecule has 0 spiro atoms. The van der Waals surface area contributed by atoms with Crippen molar-refractivity contribution in [3.05, 3.63) is 65.5 Å². The van der Waals surface area contributed by atoms with Crippen LogP contribution in [0.5, 0.6) is 0 Å². The lowest BCUT2D eigenvalue weighted by atomic mass is 10.1. The van der Waals surface area contributed by atoms with Crippen molar-refractivity contribution in [2.45, 2.75) is 19.9 Å². The molecule has 0 radical (unpaired) electrons. The van der Waals surface area contributed by atoms with Gasteiger partial charge in [-0.1, -0.05) is 36.4 Å². The summed E-state index contributed by atoms with van der Waals surface area (Å²) in [6, 6.07) is 15.6. The Bertz CT molecular complexity index is 730. The maximum absolute atomic E-state index is 13.9. The Morgan fingerprint density at radius 2 is 1.63 bits per heavy atom. The van der Waals surface area contributed by atoms with Crippen molar-refractivity contribution in [1.29, 1.82) is 0 Å². The van der Waals surface area contributed by atoms with E-state index in [1.165, 1.54) is 24.1 Å². The van der Waals surface area contributed by atoms with E-state index in [1.54, 1.807) is 6.07 Å². The van der Waals surface area contributed by atoms with E-state index < -0.39 is 0 Å². The van der Waals surface area contributed by atoms with Gasteiger partial charge in [0, 0.05) is 46.2 Å². The number of carbonyl (C=O) groups excluding carboxylic acids is 1. The molecule has 0 saturated carbocycles. The molecule has 2 aromatic carbocycles. The molecule has 4 nitrogen and oxygen atoms in total. The first-order valence-electron chi connectivity index (χ1n) is 9.16. The van der Waals surface area contributed by atoms with Crippen molar-refractivity contribution in [3.63, 3.8) is 0 Å². The highest BCUT2D eigenvalue weighted by Crippen LogP contribution is 2.20. The third kappa shape index (κ3) is 6.22. The molecule has 1 heterocycles. The molecule has 0 atom stereocenters. The van der Waals surface area contributed by atoms with Gasteiger partial charge in [0.25, 0.3) is 0 Å². The summed E-state index contributed by atoms with van der Waals surface area (Å²) >= 11 is 0. The van der Waals surface area contributed by atoms with Crippen LogP contribution in [0.1, 0.15) is 18.1 Å². The third-order valence-electron chi connectivity index (χ3n) is 4.78. The van der Waals surface area contributed by atoms with E-state index >= 15 is 0 Å². The average Bonchev–Trinajstić information content (AvgIpc) is 2.64. The first kappa shape index (κ1) is 21.2. The van der Waals surface area contributed by atoms with Gasteiger partial charge in [-0.2, -0.15) is 0 Å². The van der Waals surface area contributed by atoms with Crippen molar-refractivity contribution < 1.29 is 9.18 Å². The minimum absolute atomic E-state index is 0. The second-order valence-corrected chi connectivity index (χ2v) is 6.76. The Labute approximate surface area is 166 Å². The monoisotopic (exact) mass is 391 g/mol. The van der Waals surface area contributed by atoms with Crippen molar-refractivity contribution in [3.8, 4) is 0 Å². The van der Waals surface area contributed by atoms with Crippen LogP contribution in [-0.2, 0) is 17.8 Å². The molecule has 0 aromatic heterocycles. The summed E-state index contributed by atoms with van der Waals surface area (Å²) < 4.78 is 13.9. The van der Waals surface area contributed by atoms with Crippen LogP contribution in [0.15, 0.2) is 48.5 Å². The van der Waals surface area contributed by atoms with Gasteiger partial charge in [0.15, 0.2) is 0 Å². The number of para-hydroxylation sites is 1. The summed E-state index contributed by atoms with van der Waals surface area (Å²) in [6.07, 6.45) is 0.848. The van der Waals surface area contributed by atoms with Crippen LogP contribution in [0.3, 0.4) is 0 Å². The summed E-state index contributed by atoms with van der Waals surface area (Å²) in [4.78, 5) is 15.4. The second-order valence-electron chi connectivity index (χ2n) is 6.76. The number of amides is 1. The van der Waals surface area contributed by atoms with Crippen LogP contribution in [0.25, 0.3) is 0 Å². The fourth-order valence-corrected chi connectivity index (χ4v) is 3.31. The standard InChI is InChI=1S/C21H26FN3O.ClH/c1-17(26)23-11-10-18-6-8-19(9-7-18)16-24-12-14-25(15-13-24)21-5-3-2-4-20(21)22;/h2-9H,10-16H2,1H3,(H,23,26);1H. The van der Waals surface area contributed by atoms with Crippen LogP contribution in [0, 0.1) is 5.82 Å². The highest BCUT2D eigenvalue weighted by molar-refractivity contribution is 5.85. The zero-order chi connectivity index (χ0) is 18.4. The Balaban J connectivity index is 0.00000261. The Kier molecular flexibility index (Phi) is 8.07. The highest BCUT2D eigenvalue weighted by Gasteiger charge is 2.19. The molecule has 1 amide bonds. The number of carbonyl (C=O) groups is 1. The number of anilines is 1. The number of piperazine rings is 1. The van der Waals surface area contributed by atoms with E-state index in [-0.39, 0.29) is 24.1 Å². The highest BCUT2D eigenvalue weighted by atomic mass is 35.5. The summed E-state index contributed by atoms with van der Waals surface area (Å²) in [5.74, 6) is -0.132. The zero-order valence-corrected chi connectivity index (χ0v) is 16.5. The molecule has 1 aliphatic heterocycles. The van der Waals surface area contributed by atoms with Gasteiger partial charge in [0.2, 0.25) is 5.91 Å². The van der Waals surface area contributed by atoms with Gasteiger partial charge in [0.1, 0.15) is 5.82 Å². The summed E-state index contributed by atoms with van der Waals surface area (Å²) in [5.41, 5.74) is 3.22. The molecule has 0 bridgehead atoms. The van der Waals surface area contributed by atoms with Crippen LogP contribution in [-0.4, -0.2) is 43.5 Å². The topological polar surface area (TPSA) is 35.6 Å². The summed E-state index contributed by atoms with van der Waals surface area (Å²) in [7, 11) is 0. The largest absolute Gasteiger partial charge is 0.367 e. The fraction of sp³-hybridized carbons (Fsp3) is 0.381. The Morgan fingerprint density at radius 1 is 1.00 bits per heavy atom. The second kappa shape index (κ2) is 10.3. The molecular formula is C21H27ClFN3O. The van der Waals surface area contributed by atoms with Crippen molar-refractivity contribution in [1.82, 2.24) is 10.2 Å². The molecule has 3 rings (SSSR count). The Morgan fingerprint density at radius 3 is 2.26 bits per heavy atom. The molecule has 1 aliphatic rings. The maximum Gasteiger partial charge on any atom is 0.216 e. The van der Waals surface area contributed by atoms with Crippen molar-refractivity contribution in [2.24, 2.45) is 0 Å². The normalized spacial score (nSPS) is 14.5. The van der Waals surface area contributed by atoms with Crippen molar-refractivity contribution >= 4 is 24.0 Å². The zero-order valence-electron chi connectivity index (χ0n) is 15.7. The van der Waals surface area contributed by atoms with Gasteiger partial charge < -0.3 is 10.2 Å². The van der Waals surface area contributed by atoms with E-state index in [1.807, 2.05) is 12.1 Å². The molecule has 27 heavy (non-hydrogen) atoms. The number of rotatable bonds is 6. The first-order valence-corrected chi connectivity index (χ1v) is 9.16. The van der Waals surface area contributed by atoms with Gasteiger partial charge in [-0.15, -0.1) is 12.4 Å². The summed E-state index contributed by atoms with van der Waals surface area (Å²) in [6.45, 7) is 6.67. The van der Waals surface area contributed by atoms with Crippen LogP contribution >= 0.6 is 12.4 Å². The number of halogens is 2. The van der Waals surface area contributed by atoms with E-state index in [0.29, 0.717) is 12.2 Å². The molecule has 146 valence electrons. The molecule has 0 aliphatic carbocycles. The molecule has 2 aromatic rings. The van der Waals surface area contributed by atoms with E-state index in [0.717, 1.165) is 39.1 Å². The predicted molar refractivity (Wildman–Crippen MR) is 110 cm³/mol. The first-order chi connectivity index (χ1) is 12.6. The minimum Gasteiger partial charge on any atom is -0.367 e. The molecule has 0 unspecified atom stereocenters. The molecular weight excluding hydrogens is 365 g/mol. The SMILES string of the molecule is CC(=O)NCCc1ccc(CN2CCN(c3ccccc3F)CC2)cc1.Cl. The van der Waals surface area contributed by atoms with Gasteiger partial charge >= 0.3 is 0 Å². The molecule has 1 N–H and O–H groups in total. The molecule has 6 heteroatoms. The fourth-order valence-electron chi connectivity index (χ4n) is 3.31. The van der Waals surface area contributed by atoms with Crippen molar-refractivity contribution in [2.75, 3.05) is 37.6 Å². The van der Waals surface area contributed by atoms with Gasteiger partial charge in [-0.05, 0) is 29.7 Å². The Hall–Kier alpha value is -2.11. The van der Waals surface area contributed by atoms with E-state index in [9.17, 15) is 9.18 Å². The lowest BCUT2D eigenvalue weighted by molar-refractivity contribution is -0.118. The predicted octanol–water partition coefficient (Wildman–Crippen LogP) is 3.25. The average molecular weight is 392 g/mol. The molecule has 1 saturated heterocycles. The molecule has 1 fully saturated rings. The minimum atomic E-state index is -0.143. The quantitative estimate of drug-likeness (QED) is 0.821. The van der Waals surface area contributed by atoms with Gasteiger partial charge in [-0.3, -0.25) is 9.69 Å². The number of hydrogen-bond donors (Lipinski definition) is 1. The number of nitrogens with zero attached hydrogens (tertiary/aromatic N) is 2. The maximum atomic E-state index is 13.9. The number of hydrogen-bond acceptors (Lipinski definition) is 3. The lowest BCUT2D eigenvalue weighted by Crippen LogP contribution is -2.46. The van der Waals surface area contributed by atoms with E-state index in [4.69, 9.17) is 0 Å². The lowest BCUT2D eigenvalue weighted by Gasteiger charge is -2.36. The van der Waals surface area contributed by atoms with Crippen LogP contribution in [0.2, 0.25) is 0 Å². The van der Waals surface area contributed by atoms with Gasteiger partial charge in [0.05, 0.1) is 5.69 Å². The number of nitrogens with one attached hydrogen (secondary N) is 1. The van der Waals surface area contributed by atoms with Crippen LogP contribution < -0.4 is 10.2 Å². The summed E-state index contributed by atoms with van der Waals surface area (Å²) in [5, 5.41) is 2.82.